The van der Waals surface area contributed by atoms with Crippen LogP contribution in [0, 0.1) is 17.3 Å². The Morgan fingerprint density at radius 1 is 1.55 bits per heavy atom. The SMILES string of the molecule is CC1CC(=O)C2(C)CCCC12. The Bertz CT molecular complexity index is 197. The van der Waals surface area contributed by atoms with Crippen LogP contribution >= 0.6 is 0 Å². The van der Waals surface area contributed by atoms with Crippen LogP contribution in [0.1, 0.15) is 39.5 Å². The number of carbonyl (C=O) groups excluding carboxylic acids is 1. The summed E-state index contributed by atoms with van der Waals surface area (Å²) < 4.78 is 0. The van der Waals surface area contributed by atoms with Crippen molar-refractivity contribution in [3.8, 4) is 0 Å². The van der Waals surface area contributed by atoms with Crippen LogP contribution in [0.15, 0.2) is 0 Å². The van der Waals surface area contributed by atoms with Crippen LogP contribution in [-0.2, 0) is 4.79 Å². The number of hydrogen-bond donors (Lipinski definition) is 0. The highest BCUT2D eigenvalue weighted by atomic mass is 16.1. The summed E-state index contributed by atoms with van der Waals surface area (Å²) in [4.78, 5) is 11.6. The lowest BCUT2D eigenvalue weighted by Gasteiger charge is -2.23. The maximum absolute atomic E-state index is 11.6. The van der Waals surface area contributed by atoms with Gasteiger partial charge in [-0.25, -0.2) is 0 Å². The standard InChI is InChI=1S/C10H16O/c1-7-6-9(11)10(2)5-3-4-8(7)10/h7-8H,3-6H2,1-2H3. The first kappa shape index (κ1) is 7.33. The van der Waals surface area contributed by atoms with E-state index in [2.05, 4.69) is 13.8 Å². The molecule has 2 aliphatic rings. The van der Waals surface area contributed by atoms with Gasteiger partial charge < -0.3 is 0 Å². The summed E-state index contributed by atoms with van der Waals surface area (Å²) in [6.07, 6.45) is 4.57. The number of fused-ring (bicyclic) bond motifs is 1. The van der Waals surface area contributed by atoms with E-state index in [1.165, 1.54) is 12.8 Å². The van der Waals surface area contributed by atoms with Gasteiger partial charge in [0.25, 0.3) is 0 Å². The van der Waals surface area contributed by atoms with Gasteiger partial charge in [-0.05, 0) is 24.7 Å². The van der Waals surface area contributed by atoms with E-state index in [1.807, 2.05) is 0 Å². The van der Waals surface area contributed by atoms with Crippen molar-refractivity contribution in [2.75, 3.05) is 0 Å². The second kappa shape index (κ2) is 2.09. The molecule has 0 N–H and O–H groups in total. The first-order chi connectivity index (χ1) is 5.14. The molecular weight excluding hydrogens is 136 g/mol. The third-order valence-corrected chi connectivity index (χ3v) is 3.86. The Hall–Kier alpha value is -0.330. The Balaban J connectivity index is 2.32. The molecule has 3 unspecified atom stereocenters. The number of rotatable bonds is 0. The molecule has 0 saturated heterocycles. The summed E-state index contributed by atoms with van der Waals surface area (Å²) in [6.45, 7) is 4.41. The minimum Gasteiger partial charge on any atom is -0.299 e. The van der Waals surface area contributed by atoms with E-state index in [0.717, 1.165) is 18.8 Å². The molecule has 0 spiro atoms. The van der Waals surface area contributed by atoms with Crippen LogP contribution in [0.2, 0.25) is 0 Å². The van der Waals surface area contributed by atoms with Crippen LogP contribution in [0.25, 0.3) is 0 Å². The number of carbonyl (C=O) groups is 1. The van der Waals surface area contributed by atoms with Gasteiger partial charge in [-0.15, -0.1) is 0 Å². The van der Waals surface area contributed by atoms with Gasteiger partial charge in [-0.2, -0.15) is 0 Å². The average Bonchev–Trinajstić information content (AvgIpc) is 2.39. The lowest BCUT2D eigenvalue weighted by atomic mass is 9.80. The maximum atomic E-state index is 11.6. The second-order valence-electron chi connectivity index (χ2n) is 4.52. The molecule has 0 aromatic heterocycles. The Labute approximate surface area is 68.2 Å². The van der Waals surface area contributed by atoms with Gasteiger partial charge >= 0.3 is 0 Å². The highest BCUT2D eigenvalue weighted by molar-refractivity contribution is 5.87. The molecule has 0 radical (unpaired) electrons. The Morgan fingerprint density at radius 2 is 2.27 bits per heavy atom. The van der Waals surface area contributed by atoms with Crippen LogP contribution in [0.5, 0.6) is 0 Å². The minimum absolute atomic E-state index is 0.0966. The van der Waals surface area contributed by atoms with Crippen molar-refractivity contribution in [3.63, 3.8) is 0 Å². The van der Waals surface area contributed by atoms with E-state index in [9.17, 15) is 4.79 Å². The van der Waals surface area contributed by atoms with Gasteiger partial charge in [0.05, 0.1) is 0 Å². The topological polar surface area (TPSA) is 17.1 Å². The Morgan fingerprint density at radius 3 is 2.91 bits per heavy atom. The molecule has 2 saturated carbocycles. The molecular formula is C10H16O. The zero-order valence-corrected chi connectivity index (χ0v) is 7.39. The molecule has 1 nitrogen and oxygen atoms in total. The van der Waals surface area contributed by atoms with Gasteiger partial charge in [-0.1, -0.05) is 20.3 Å². The van der Waals surface area contributed by atoms with E-state index >= 15 is 0 Å². The molecule has 2 aliphatic carbocycles. The maximum Gasteiger partial charge on any atom is 0.139 e. The number of hydrogen-bond acceptors (Lipinski definition) is 1. The third-order valence-electron chi connectivity index (χ3n) is 3.86. The van der Waals surface area contributed by atoms with Crippen LogP contribution in [0.4, 0.5) is 0 Å². The molecule has 0 heterocycles. The minimum atomic E-state index is 0.0966. The fraction of sp³-hybridized carbons (Fsp3) is 0.900. The summed E-state index contributed by atoms with van der Waals surface area (Å²) in [5, 5.41) is 0. The summed E-state index contributed by atoms with van der Waals surface area (Å²) in [5.41, 5.74) is 0.0966. The first-order valence-corrected chi connectivity index (χ1v) is 4.68. The number of Topliss-reactive ketones (excluding diaryl/α,β-unsaturated/α-hetero) is 1. The van der Waals surface area contributed by atoms with E-state index in [4.69, 9.17) is 0 Å². The van der Waals surface area contributed by atoms with Gasteiger partial charge in [0.15, 0.2) is 0 Å². The average molecular weight is 152 g/mol. The van der Waals surface area contributed by atoms with Gasteiger partial charge in [-0.3, -0.25) is 4.79 Å². The summed E-state index contributed by atoms with van der Waals surface area (Å²) >= 11 is 0. The normalized spacial score (nSPS) is 49.8. The molecule has 1 heteroatoms. The fourth-order valence-corrected chi connectivity index (χ4v) is 3.12. The van der Waals surface area contributed by atoms with E-state index in [1.54, 1.807) is 0 Å². The molecule has 11 heavy (non-hydrogen) atoms. The highest BCUT2D eigenvalue weighted by Crippen LogP contribution is 2.54. The van der Waals surface area contributed by atoms with Crippen molar-refractivity contribution in [2.45, 2.75) is 39.5 Å². The van der Waals surface area contributed by atoms with Crippen molar-refractivity contribution < 1.29 is 4.79 Å². The largest absolute Gasteiger partial charge is 0.299 e. The zero-order chi connectivity index (χ0) is 8.06. The first-order valence-electron chi connectivity index (χ1n) is 4.68. The van der Waals surface area contributed by atoms with Crippen LogP contribution in [0.3, 0.4) is 0 Å². The predicted octanol–water partition coefficient (Wildman–Crippen LogP) is 2.40. The molecule has 0 aromatic carbocycles. The monoisotopic (exact) mass is 152 g/mol. The van der Waals surface area contributed by atoms with Crippen LogP contribution in [-0.4, -0.2) is 5.78 Å². The molecule has 2 rings (SSSR count). The van der Waals surface area contributed by atoms with E-state index < -0.39 is 0 Å². The molecule has 0 amide bonds. The fourth-order valence-electron chi connectivity index (χ4n) is 3.12. The zero-order valence-electron chi connectivity index (χ0n) is 7.39. The van der Waals surface area contributed by atoms with Crippen molar-refractivity contribution >= 4 is 5.78 Å². The predicted molar refractivity (Wildman–Crippen MR) is 44.2 cm³/mol. The lowest BCUT2D eigenvalue weighted by molar-refractivity contribution is -0.125. The molecule has 0 aliphatic heterocycles. The van der Waals surface area contributed by atoms with Crippen molar-refractivity contribution in [3.05, 3.63) is 0 Å². The summed E-state index contributed by atoms with van der Waals surface area (Å²) in [7, 11) is 0. The van der Waals surface area contributed by atoms with Crippen molar-refractivity contribution in [1.82, 2.24) is 0 Å². The molecule has 0 bridgehead atoms. The number of ketones is 1. The van der Waals surface area contributed by atoms with Gasteiger partial charge in [0.2, 0.25) is 0 Å². The summed E-state index contributed by atoms with van der Waals surface area (Å²) in [6, 6.07) is 0. The van der Waals surface area contributed by atoms with Crippen molar-refractivity contribution in [1.29, 1.82) is 0 Å². The molecule has 0 aromatic rings. The molecule has 3 atom stereocenters. The smallest absolute Gasteiger partial charge is 0.139 e. The van der Waals surface area contributed by atoms with E-state index in [0.29, 0.717) is 11.7 Å². The van der Waals surface area contributed by atoms with Crippen LogP contribution < -0.4 is 0 Å². The van der Waals surface area contributed by atoms with E-state index in [-0.39, 0.29) is 5.41 Å². The highest BCUT2D eigenvalue weighted by Gasteiger charge is 2.51. The second-order valence-corrected chi connectivity index (χ2v) is 4.52. The van der Waals surface area contributed by atoms with Gasteiger partial charge in [0, 0.05) is 11.8 Å². The summed E-state index contributed by atoms with van der Waals surface area (Å²) in [5.74, 6) is 1.91. The Kier molecular flexibility index (Phi) is 1.39. The van der Waals surface area contributed by atoms with Crippen molar-refractivity contribution in [2.24, 2.45) is 17.3 Å². The molecule has 2 fully saturated rings. The quantitative estimate of drug-likeness (QED) is 0.521. The third kappa shape index (κ3) is 0.800. The molecule has 62 valence electrons. The lowest BCUT2D eigenvalue weighted by Crippen LogP contribution is -2.24. The van der Waals surface area contributed by atoms with Gasteiger partial charge in [0.1, 0.15) is 5.78 Å².